The maximum absolute atomic E-state index is 11.7. The standard InChI is InChI=1S/C7H6F3NO/c8-7(9,10)5-11-2-1-6(3-11)4-12/h1-4H,5H2. The van der Waals surface area contributed by atoms with Gasteiger partial charge >= 0.3 is 6.18 Å². The molecule has 0 fully saturated rings. The fourth-order valence-electron chi connectivity index (χ4n) is 0.834. The summed E-state index contributed by atoms with van der Waals surface area (Å²) >= 11 is 0. The molecule has 0 aliphatic heterocycles. The van der Waals surface area contributed by atoms with E-state index in [-0.39, 0.29) is 5.56 Å². The summed E-state index contributed by atoms with van der Waals surface area (Å²) in [5.74, 6) is 0. The molecule has 1 rings (SSSR count). The van der Waals surface area contributed by atoms with Crippen molar-refractivity contribution in [1.82, 2.24) is 4.57 Å². The Bertz CT molecular complexity index is 276. The number of aromatic nitrogens is 1. The highest BCUT2D eigenvalue weighted by molar-refractivity contribution is 5.74. The van der Waals surface area contributed by atoms with Gasteiger partial charge in [-0.2, -0.15) is 13.2 Å². The first-order valence-electron chi connectivity index (χ1n) is 3.19. The number of carbonyl (C=O) groups excluding carboxylic acids is 1. The molecule has 0 amide bonds. The lowest BCUT2D eigenvalue weighted by atomic mass is 10.4. The van der Waals surface area contributed by atoms with Crippen LogP contribution in [0.25, 0.3) is 0 Å². The first-order valence-corrected chi connectivity index (χ1v) is 3.19. The van der Waals surface area contributed by atoms with Crippen molar-refractivity contribution >= 4 is 6.29 Å². The second-order valence-electron chi connectivity index (χ2n) is 2.35. The minimum absolute atomic E-state index is 0.249. The average Bonchev–Trinajstić information content (AvgIpc) is 2.32. The average molecular weight is 177 g/mol. The molecule has 0 saturated carbocycles. The molecular weight excluding hydrogens is 171 g/mol. The van der Waals surface area contributed by atoms with Crippen molar-refractivity contribution in [3.05, 3.63) is 24.0 Å². The van der Waals surface area contributed by atoms with E-state index in [0.717, 1.165) is 10.8 Å². The van der Waals surface area contributed by atoms with Crippen LogP contribution in [0.3, 0.4) is 0 Å². The minimum Gasteiger partial charge on any atom is -0.344 e. The first-order chi connectivity index (χ1) is 5.51. The van der Waals surface area contributed by atoms with Gasteiger partial charge in [0.2, 0.25) is 0 Å². The normalized spacial score (nSPS) is 11.6. The van der Waals surface area contributed by atoms with Crippen molar-refractivity contribution in [3.8, 4) is 0 Å². The van der Waals surface area contributed by atoms with Crippen molar-refractivity contribution < 1.29 is 18.0 Å². The van der Waals surface area contributed by atoms with E-state index in [0.29, 0.717) is 6.29 Å². The molecule has 12 heavy (non-hydrogen) atoms. The number of alkyl halides is 3. The largest absolute Gasteiger partial charge is 0.406 e. The van der Waals surface area contributed by atoms with E-state index in [1.807, 2.05) is 0 Å². The Hall–Kier alpha value is -1.26. The van der Waals surface area contributed by atoms with Crippen LogP contribution in [0.4, 0.5) is 13.2 Å². The van der Waals surface area contributed by atoms with E-state index in [1.54, 1.807) is 0 Å². The lowest BCUT2D eigenvalue weighted by Gasteiger charge is -2.05. The molecular formula is C7H6F3NO. The Kier molecular flexibility index (Phi) is 2.21. The zero-order valence-corrected chi connectivity index (χ0v) is 6.01. The van der Waals surface area contributed by atoms with Crippen LogP contribution in [0.1, 0.15) is 10.4 Å². The zero-order valence-electron chi connectivity index (χ0n) is 6.01. The van der Waals surface area contributed by atoms with Crippen molar-refractivity contribution in [2.75, 3.05) is 0 Å². The van der Waals surface area contributed by atoms with Crippen LogP contribution in [0, 0.1) is 0 Å². The molecule has 0 saturated heterocycles. The van der Waals surface area contributed by atoms with E-state index in [1.165, 1.54) is 12.3 Å². The molecule has 66 valence electrons. The van der Waals surface area contributed by atoms with Gasteiger partial charge < -0.3 is 4.57 Å². The predicted molar refractivity (Wildman–Crippen MR) is 35.9 cm³/mol. The van der Waals surface area contributed by atoms with Crippen LogP contribution < -0.4 is 0 Å². The number of hydrogen-bond donors (Lipinski definition) is 0. The molecule has 0 atom stereocenters. The molecule has 0 aliphatic carbocycles. The van der Waals surface area contributed by atoms with Crippen LogP contribution in [0.15, 0.2) is 18.5 Å². The topological polar surface area (TPSA) is 22.0 Å². The molecule has 0 bridgehead atoms. The molecule has 5 heteroatoms. The van der Waals surface area contributed by atoms with Crippen LogP contribution in [-0.4, -0.2) is 17.0 Å². The van der Waals surface area contributed by atoms with Gasteiger partial charge in [0, 0.05) is 18.0 Å². The zero-order chi connectivity index (χ0) is 9.19. The van der Waals surface area contributed by atoms with Gasteiger partial charge in [0.25, 0.3) is 0 Å². The molecule has 1 aromatic heterocycles. The monoisotopic (exact) mass is 177 g/mol. The van der Waals surface area contributed by atoms with Gasteiger partial charge in [-0.1, -0.05) is 0 Å². The van der Waals surface area contributed by atoms with Gasteiger partial charge in [-0.05, 0) is 6.07 Å². The summed E-state index contributed by atoms with van der Waals surface area (Å²) < 4.78 is 36.2. The molecule has 0 aromatic carbocycles. The number of halogens is 3. The second kappa shape index (κ2) is 3.00. The van der Waals surface area contributed by atoms with Gasteiger partial charge in [0.05, 0.1) is 0 Å². The molecule has 0 radical (unpaired) electrons. The molecule has 2 nitrogen and oxygen atoms in total. The van der Waals surface area contributed by atoms with Crippen molar-refractivity contribution in [2.45, 2.75) is 12.7 Å². The van der Waals surface area contributed by atoms with E-state index >= 15 is 0 Å². The highest BCUT2D eigenvalue weighted by Gasteiger charge is 2.27. The fraction of sp³-hybridized carbons (Fsp3) is 0.286. The van der Waals surface area contributed by atoms with Crippen LogP contribution in [-0.2, 0) is 6.54 Å². The SMILES string of the molecule is O=Cc1ccn(CC(F)(F)F)c1. The number of nitrogens with zero attached hydrogens (tertiary/aromatic N) is 1. The van der Waals surface area contributed by atoms with Crippen LogP contribution in [0.2, 0.25) is 0 Å². The van der Waals surface area contributed by atoms with Crippen molar-refractivity contribution in [1.29, 1.82) is 0 Å². The minimum atomic E-state index is -4.24. The molecule has 0 unspecified atom stereocenters. The summed E-state index contributed by atoms with van der Waals surface area (Å²) in [4.78, 5) is 10.1. The summed E-state index contributed by atoms with van der Waals surface area (Å²) in [6, 6.07) is 1.33. The second-order valence-corrected chi connectivity index (χ2v) is 2.35. The van der Waals surface area contributed by atoms with E-state index < -0.39 is 12.7 Å². The predicted octanol–water partition coefficient (Wildman–Crippen LogP) is 1.86. The summed E-state index contributed by atoms with van der Waals surface area (Å²) in [6.07, 6.45) is -1.36. The lowest BCUT2D eigenvalue weighted by molar-refractivity contribution is -0.140. The molecule has 1 aromatic rings. The molecule has 0 aliphatic rings. The molecule has 0 spiro atoms. The highest BCUT2D eigenvalue weighted by atomic mass is 19.4. The maximum atomic E-state index is 11.7. The Morgan fingerprint density at radius 3 is 2.58 bits per heavy atom. The fourth-order valence-corrected chi connectivity index (χ4v) is 0.834. The first kappa shape index (κ1) is 8.83. The van der Waals surface area contributed by atoms with Gasteiger partial charge in [-0.25, -0.2) is 0 Å². The Morgan fingerprint density at radius 2 is 2.17 bits per heavy atom. The third-order valence-electron chi connectivity index (χ3n) is 1.27. The third-order valence-corrected chi connectivity index (χ3v) is 1.27. The maximum Gasteiger partial charge on any atom is 0.406 e. The van der Waals surface area contributed by atoms with Crippen LogP contribution >= 0.6 is 0 Å². The smallest absolute Gasteiger partial charge is 0.344 e. The van der Waals surface area contributed by atoms with E-state index in [2.05, 4.69) is 0 Å². The number of hydrogen-bond acceptors (Lipinski definition) is 1. The number of carbonyl (C=O) groups is 1. The van der Waals surface area contributed by atoms with Crippen molar-refractivity contribution in [3.63, 3.8) is 0 Å². The summed E-state index contributed by atoms with van der Waals surface area (Å²) in [7, 11) is 0. The Balaban J connectivity index is 2.70. The van der Waals surface area contributed by atoms with Gasteiger partial charge in [0.1, 0.15) is 6.54 Å². The van der Waals surface area contributed by atoms with Crippen LogP contribution in [0.5, 0.6) is 0 Å². The van der Waals surface area contributed by atoms with Crippen molar-refractivity contribution in [2.24, 2.45) is 0 Å². The summed E-state index contributed by atoms with van der Waals surface area (Å²) in [5.41, 5.74) is 0.249. The van der Waals surface area contributed by atoms with Gasteiger partial charge in [0.15, 0.2) is 6.29 Å². The quantitative estimate of drug-likeness (QED) is 0.632. The van der Waals surface area contributed by atoms with E-state index in [9.17, 15) is 18.0 Å². The molecule has 1 heterocycles. The van der Waals surface area contributed by atoms with E-state index in [4.69, 9.17) is 0 Å². The number of rotatable bonds is 2. The third kappa shape index (κ3) is 2.41. The van der Waals surface area contributed by atoms with Gasteiger partial charge in [-0.15, -0.1) is 0 Å². The Labute approximate surface area is 66.6 Å². The summed E-state index contributed by atoms with van der Waals surface area (Å²) in [5, 5.41) is 0. The molecule has 0 N–H and O–H groups in total. The van der Waals surface area contributed by atoms with Gasteiger partial charge in [-0.3, -0.25) is 4.79 Å². The summed E-state index contributed by atoms with van der Waals surface area (Å²) in [6.45, 7) is -1.05. The highest BCUT2D eigenvalue weighted by Crippen LogP contribution is 2.17. The Morgan fingerprint density at radius 1 is 1.50 bits per heavy atom. The number of aldehydes is 1. The lowest BCUT2D eigenvalue weighted by Crippen LogP contribution is -2.16.